The van der Waals surface area contributed by atoms with E-state index in [1.807, 2.05) is 0 Å². The second-order valence-corrected chi connectivity index (χ2v) is 3.93. The fourth-order valence-electron chi connectivity index (χ4n) is 1.76. The van der Waals surface area contributed by atoms with Crippen LogP contribution in [0.5, 0.6) is 5.75 Å². The molecule has 0 aliphatic carbocycles. The van der Waals surface area contributed by atoms with Crippen LogP contribution in [0, 0.1) is 13.8 Å². The minimum Gasteiger partial charge on any atom is -0.489 e. The summed E-state index contributed by atoms with van der Waals surface area (Å²) in [6.07, 6.45) is 1.48. The summed E-state index contributed by atoms with van der Waals surface area (Å²) in [5.41, 5.74) is 2.56. The van der Waals surface area contributed by atoms with Gasteiger partial charge in [0, 0.05) is 6.54 Å². The topological polar surface area (TPSA) is 21.3 Å². The Morgan fingerprint density at radius 2 is 2.21 bits per heavy atom. The Balaban J connectivity index is 2.11. The molecule has 0 saturated carbocycles. The summed E-state index contributed by atoms with van der Waals surface area (Å²) >= 11 is 0. The number of hydrogen-bond donors (Lipinski definition) is 1. The lowest BCUT2D eigenvalue weighted by atomic mass is 10.1. The zero-order valence-corrected chi connectivity index (χ0v) is 8.84. The smallest absolute Gasteiger partial charge is 0.122 e. The zero-order valence-electron chi connectivity index (χ0n) is 8.84. The van der Waals surface area contributed by atoms with Crippen molar-refractivity contribution in [1.29, 1.82) is 0 Å². The quantitative estimate of drug-likeness (QED) is 0.772. The number of hydrogen-bond acceptors (Lipinski definition) is 2. The van der Waals surface area contributed by atoms with Crippen LogP contribution in [0.4, 0.5) is 0 Å². The highest BCUT2D eigenvalue weighted by molar-refractivity contribution is 5.38. The second-order valence-electron chi connectivity index (χ2n) is 3.93. The molecule has 1 aliphatic rings. The molecule has 2 rings (SSSR count). The molecule has 0 unspecified atom stereocenters. The lowest BCUT2D eigenvalue weighted by Crippen LogP contribution is -2.20. The molecule has 0 aromatic heterocycles. The van der Waals surface area contributed by atoms with Gasteiger partial charge in [0.1, 0.15) is 11.9 Å². The summed E-state index contributed by atoms with van der Waals surface area (Å²) in [6.45, 7) is 6.30. The van der Waals surface area contributed by atoms with E-state index < -0.39 is 0 Å². The van der Waals surface area contributed by atoms with E-state index in [1.165, 1.54) is 11.1 Å². The van der Waals surface area contributed by atoms with Gasteiger partial charge in [0.2, 0.25) is 0 Å². The van der Waals surface area contributed by atoms with Gasteiger partial charge in [-0.2, -0.15) is 0 Å². The average Bonchev–Trinajstić information content (AvgIpc) is 2.66. The molecule has 2 nitrogen and oxygen atoms in total. The van der Waals surface area contributed by atoms with E-state index in [2.05, 4.69) is 37.4 Å². The van der Waals surface area contributed by atoms with Gasteiger partial charge < -0.3 is 10.1 Å². The van der Waals surface area contributed by atoms with Crippen LogP contribution in [0.2, 0.25) is 0 Å². The average molecular weight is 191 g/mol. The van der Waals surface area contributed by atoms with Crippen molar-refractivity contribution in [3.63, 3.8) is 0 Å². The molecule has 1 heterocycles. The minimum absolute atomic E-state index is 0.357. The molecule has 1 N–H and O–H groups in total. The fourth-order valence-corrected chi connectivity index (χ4v) is 1.76. The zero-order chi connectivity index (χ0) is 9.97. The molecule has 1 saturated heterocycles. The highest BCUT2D eigenvalue weighted by Gasteiger charge is 2.16. The predicted octanol–water partition coefficient (Wildman–Crippen LogP) is 2.04. The monoisotopic (exact) mass is 191 g/mol. The molecule has 0 spiro atoms. The van der Waals surface area contributed by atoms with Crippen molar-refractivity contribution in [2.45, 2.75) is 26.4 Å². The van der Waals surface area contributed by atoms with Crippen LogP contribution in [0.15, 0.2) is 18.2 Å². The van der Waals surface area contributed by atoms with Gasteiger partial charge >= 0.3 is 0 Å². The van der Waals surface area contributed by atoms with Crippen LogP contribution in [0.1, 0.15) is 17.5 Å². The summed E-state index contributed by atoms with van der Waals surface area (Å²) < 4.78 is 5.92. The maximum atomic E-state index is 5.92. The van der Waals surface area contributed by atoms with Crippen LogP contribution >= 0.6 is 0 Å². The van der Waals surface area contributed by atoms with E-state index >= 15 is 0 Å². The molecule has 2 heteroatoms. The molecule has 0 bridgehead atoms. The Hall–Kier alpha value is -1.02. The summed E-state index contributed by atoms with van der Waals surface area (Å²) in [5, 5.41) is 3.30. The SMILES string of the molecule is Cc1cccc(O[C@H]2CCNC2)c1C. The van der Waals surface area contributed by atoms with Crippen molar-refractivity contribution in [1.82, 2.24) is 5.32 Å². The molecule has 76 valence electrons. The van der Waals surface area contributed by atoms with Crippen molar-refractivity contribution in [2.24, 2.45) is 0 Å². The third-order valence-corrected chi connectivity index (χ3v) is 2.86. The van der Waals surface area contributed by atoms with Gasteiger partial charge in [-0.25, -0.2) is 0 Å². The Labute approximate surface area is 85.3 Å². The van der Waals surface area contributed by atoms with Gasteiger partial charge in [0.25, 0.3) is 0 Å². The third kappa shape index (κ3) is 1.90. The van der Waals surface area contributed by atoms with Crippen LogP contribution < -0.4 is 10.1 Å². The van der Waals surface area contributed by atoms with E-state index in [0.717, 1.165) is 25.3 Å². The molecule has 14 heavy (non-hydrogen) atoms. The van der Waals surface area contributed by atoms with Gasteiger partial charge in [-0.1, -0.05) is 12.1 Å². The van der Waals surface area contributed by atoms with Gasteiger partial charge in [0.05, 0.1) is 0 Å². The number of nitrogens with one attached hydrogen (secondary N) is 1. The molecule has 1 aliphatic heterocycles. The number of ether oxygens (including phenoxy) is 1. The molecular weight excluding hydrogens is 174 g/mol. The van der Waals surface area contributed by atoms with E-state index in [4.69, 9.17) is 4.74 Å². The van der Waals surface area contributed by atoms with E-state index in [9.17, 15) is 0 Å². The Bertz CT molecular complexity index is 316. The standard InChI is InChI=1S/C12H17NO/c1-9-4-3-5-12(10(9)2)14-11-6-7-13-8-11/h3-5,11,13H,6-8H2,1-2H3/t11-/m0/s1. The first-order chi connectivity index (χ1) is 6.77. The molecule has 0 amide bonds. The number of benzene rings is 1. The van der Waals surface area contributed by atoms with Gasteiger partial charge in [-0.15, -0.1) is 0 Å². The summed E-state index contributed by atoms with van der Waals surface area (Å²) in [7, 11) is 0. The third-order valence-electron chi connectivity index (χ3n) is 2.86. The first-order valence-electron chi connectivity index (χ1n) is 5.21. The van der Waals surface area contributed by atoms with Crippen molar-refractivity contribution < 1.29 is 4.74 Å². The lowest BCUT2D eigenvalue weighted by molar-refractivity contribution is 0.221. The van der Waals surface area contributed by atoms with Gasteiger partial charge in [0.15, 0.2) is 0 Å². The van der Waals surface area contributed by atoms with Gasteiger partial charge in [-0.3, -0.25) is 0 Å². The summed E-state index contributed by atoms with van der Waals surface area (Å²) in [5.74, 6) is 1.04. The second kappa shape index (κ2) is 4.01. The van der Waals surface area contributed by atoms with Crippen molar-refractivity contribution in [3.8, 4) is 5.75 Å². The normalized spacial score (nSPS) is 21.1. The summed E-state index contributed by atoms with van der Waals surface area (Å²) in [6, 6.07) is 6.23. The highest BCUT2D eigenvalue weighted by atomic mass is 16.5. The van der Waals surface area contributed by atoms with Crippen LogP contribution in [-0.4, -0.2) is 19.2 Å². The Morgan fingerprint density at radius 1 is 1.36 bits per heavy atom. The van der Waals surface area contributed by atoms with Crippen LogP contribution in [-0.2, 0) is 0 Å². The first kappa shape index (κ1) is 9.53. The Kier molecular flexibility index (Phi) is 2.73. The van der Waals surface area contributed by atoms with Crippen LogP contribution in [0.3, 0.4) is 0 Å². The summed E-state index contributed by atoms with van der Waals surface area (Å²) in [4.78, 5) is 0. The molecule has 1 aromatic carbocycles. The maximum Gasteiger partial charge on any atom is 0.122 e. The van der Waals surface area contributed by atoms with Crippen LogP contribution in [0.25, 0.3) is 0 Å². The Morgan fingerprint density at radius 3 is 2.93 bits per heavy atom. The predicted molar refractivity (Wildman–Crippen MR) is 57.8 cm³/mol. The maximum absolute atomic E-state index is 5.92. The molecule has 0 radical (unpaired) electrons. The van der Waals surface area contributed by atoms with Crippen molar-refractivity contribution in [3.05, 3.63) is 29.3 Å². The van der Waals surface area contributed by atoms with Crippen molar-refractivity contribution in [2.75, 3.05) is 13.1 Å². The first-order valence-corrected chi connectivity index (χ1v) is 5.21. The van der Waals surface area contributed by atoms with Gasteiger partial charge in [-0.05, 0) is 44.0 Å². The van der Waals surface area contributed by atoms with Crippen molar-refractivity contribution >= 4 is 0 Å². The highest BCUT2D eigenvalue weighted by Crippen LogP contribution is 2.22. The fraction of sp³-hybridized carbons (Fsp3) is 0.500. The molecule has 1 aromatic rings. The number of aryl methyl sites for hydroxylation is 1. The molecular formula is C12H17NO. The number of rotatable bonds is 2. The van der Waals surface area contributed by atoms with E-state index in [1.54, 1.807) is 0 Å². The van der Waals surface area contributed by atoms with E-state index in [0.29, 0.717) is 6.10 Å². The minimum atomic E-state index is 0.357. The van der Waals surface area contributed by atoms with E-state index in [-0.39, 0.29) is 0 Å². The lowest BCUT2D eigenvalue weighted by Gasteiger charge is -2.15. The molecule has 1 atom stereocenters. The largest absolute Gasteiger partial charge is 0.489 e. The molecule has 1 fully saturated rings.